The molecule has 3 nitrogen and oxygen atoms in total. The van der Waals surface area contributed by atoms with Crippen LogP contribution in [0.4, 0.5) is 5.69 Å². The van der Waals surface area contributed by atoms with Crippen molar-refractivity contribution in [3.8, 4) is 28.2 Å². The van der Waals surface area contributed by atoms with Gasteiger partial charge in [0.2, 0.25) is 0 Å². The van der Waals surface area contributed by atoms with Gasteiger partial charge in [-0.1, -0.05) is 97.1 Å². The van der Waals surface area contributed by atoms with Crippen molar-refractivity contribution in [2.45, 2.75) is 0 Å². The van der Waals surface area contributed by atoms with Gasteiger partial charge in [-0.2, -0.15) is 0 Å². The van der Waals surface area contributed by atoms with Gasteiger partial charge in [0.05, 0.1) is 22.6 Å². The summed E-state index contributed by atoms with van der Waals surface area (Å²) < 4.78 is 2.33. The number of benzene rings is 4. The van der Waals surface area contributed by atoms with Crippen molar-refractivity contribution in [1.29, 1.82) is 0 Å². The Bertz CT molecular complexity index is 1610. The summed E-state index contributed by atoms with van der Waals surface area (Å²) in [6, 6.07) is 43.9. The zero-order valence-corrected chi connectivity index (χ0v) is 19.1. The second-order valence-corrected chi connectivity index (χ2v) is 8.35. The lowest BCUT2D eigenvalue weighted by Crippen LogP contribution is -2.00. The van der Waals surface area contributed by atoms with E-state index in [0.29, 0.717) is 0 Å². The molecule has 6 rings (SSSR count). The van der Waals surface area contributed by atoms with E-state index in [1.165, 1.54) is 0 Å². The van der Waals surface area contributed by atoms with E-state index < -0.39 is 0 Å². The second-order valence-electron chi connectivity index (χ2n) is 8.35. The van der Waals surface area contributed by atoms with Gasteiger partial charge in [-0.25, -0.2) is 0 Å². The first-order valence-electron chi connectivity index (χ1n) is 11.7. The summed E-state index contributed by atoms with van der Waals surface area (Å²) in [6.07, 6.45) is 3.79. The van der Waals surface area contributed by atoms with Crippen LogP contribution in [0.3, 0.4) is 0 Å². The molecule has 0 radical (unpaired) electrons. The van der Waals surface area contributed by atoms with E-state index in [9.17, 15) is 0 Å². The number of rotatable bonds is 5. The van der Waals surface area contributed by atoms with Crippen LogP contribution in [0.2, 0.25) is 0 Å². The lowest BCUT2D eigenvalue weighted by Gasteiger charge is -2.15. The number of aromatic nitrogens is 2. The monoisotopic (exact) mass is 449 g/mol. The topological polar surface area (TPSA) is 30.2 Å². The fourth-order valence-corrected chi connectivity index (χ4v) is 4.52. The predicted octanol–water partition coefficient (Wildman–Crippen LogP) is 8.11. The highest BCUT2D eigenvalue weighted by molar-refractivity contribution is 5.97. The predicted molar refractivity (Wildman–Crippen MR) is 146 cm³/mol. The normalized spacial score (nSPS) is 11.3. The van der Waals surface area contributed by atoms with Crippen LogP contribution in [-0.4, -0.2) is 15.8 Å². The Balaban J connectivity index is 1.61. The minimum atomic E-state index is 0.857. The van der Waals surface area contributed by atoms with E-state index in [1.54, 1.807) is 0 Å². The smallest absolute Gasteiger partial charge is 0.0958 e. The van der Waals surface area contributed by atoms with Crippen LogP contribution in [0.15, 0.2) is 139 Å². The van der Waals surface area contributed by atoms with Crippen molar-refractivity contribution in [1.82, 2.24) is 9.55 Å². The van der Waals surface area contributed by atoms with Crippen LogP contribution in [0.25, 0.3) is 39.1 Å². The van der Waals surface area contributed by atoms with Crippen LogP contribution in [0.5, 0.6) is 0 Å². The summed E-state index contributed by atoms with van der Waals surface area (Å²) >= 11 is 0. The van der Waals surface area contributed by atoms with Crippen LogP contribution in [-0.2, 0) is 0 Å². The maximum atomic E-state index is 4.93. The molecule has 35 heavy (non-hydrogen) atoms. The van der Waals surface area contributed by atoms with E-state index in [2.05, 4.69) is 101 Å². The molecule has 166 valence electrons. The van der Waals surface area contributed by atoms with Crippen molar-refractivity contribution < 1.29 is 0 Å². The van der Waals surface area contributed by atoms with Crippen LogP contribution >= 0.6 is 0 Å². The first-order chi connectivity index (χ1) is 17.4. The molecule has 2 aromatic heterocycles. The molecule has 0 fully saturated rings. The van der Waals surface area contributed by atoms with Gasteiger partial charge in [0.25, 0.3) is 0 Å². The van der Waals surface area contributed by atoms with Gasteiger partial charge in [0, 0.05) is 29.0 Å². The van der Waals surface area contributed by atoms with E-state index in [4.69, 9.17) is 4.99 Å². The molecule has 2 heterocycles. The Labute approximate surface area is 204 Å². The van der Waals surface area contributed by atoms with E-state index in [1.807, 2.05) is 48.8 Å². The highest BCUT2D eigenvalue weighted by Crippen LogP contribution is 2.36. The average molecular weight is 450 g/mol. The van der Waals surface area contributed by atoms with Gasteiger partial charge in [-0.15, -0.1) is 0 Å². The Hall–Kier alpha value is -4.76. The quantitative estimate of drug-likeness (QED) is 0.244. The van der Waals surface area contributed by atoms with Crippen molar-refractivity contribution in [2.75, 3.05) is 0 Å². The fourth-order valence-electron chi connectivity index (χ4n) is 4.52. The van der Waals surface area contributed by atoms with Crippen LogP contribution in [0.1, 0.15) is 5.56 Å². The van der Waals surface area contributed by atoms with E-state index in [0.717, 1.165) is 50.4 Å². The van der Waals surface area contributed by atoms with Crippen LogP contribution < -0.4 is 0 Å². The highest BCUT2D eigenvalue weighted by atomic mass is 15.0. The molecule has 6 aromatic rings. The van der Waals surface area contributed by atoms with Crippen molar-refractivity contribution >= 4 is 22.8 Å². The molecule has 0 spiro atoms. The minimum absolute atomic E-state index is 0.857. The third-order valence-electron chi connectivity index (χ3n) is 6.12. The second kappa shape index (κ2) is 9.24. The number of pyridine rings is 1. The third-order valence-corrected chi connectivity index (χ3v) is 6.12. The number of nitrogens with zero attached hydrogens (tertiary/aromatic N) is 3. The summed E-state index contributed by atoms with van der Waals surface area (Å²) in [6.45, 7) is 0. The Morgan fingerprint density at radius 1 is 0.629 bits per heavy atom. The standard InChI is InChI=1S/C32H23N3/c1-4-12-24(13-5-1)30-22-27(23-34-29-20-10-16-25-17-11-21-33-31(25)29)32(26-14-6-2-7-15-26)35(30)28-18-8-3-9-19-28/h1-23H. The molecule has 0 saturated carbocycles. The van der Waals surface area contributed by atoms with Crippen LogP contribution in [0, 0.1) is 0 Å². The van der Waals surface area contributed by atoms with Gasteiger partial charge in [0.15, 0.2) is 0 Å². The van der Waals surface area contributed by atoms with Crippen molar-refractivity contribution in [2.24, 2.45) is 4.99 Å². The number of aliphatic imine (C=N–C) groups is 1. The molecule has 0 atom stereocenters. The summed E-state index contributed by atoms with van der Waals surface area (Å²) in [5, 5.41) is 1.08. The largest absolute Gasteiger partial charge is 0.309 e. The molecule has 0 amide bonds. The zero-order chi connectivity index (χ0) is 23.5. The van der Waals surface area contributed by atoms with Gasteiger partial charge >= 0.3 is 0 Å². The summed E-state index contributed by atoms with van der Waals surface area (Å²) in [5.74, 6) is 0. The summed E-state index contributed by atoms with van der Waals surface area (Å²) in [4.78, 5) is 9.50. The zero-order valence-electron chi connectivity index (χ0n) is 19.1. The van der Waals surface area contributed by atoms with Gasteiger partial charge < -0.3 is 4.57 Å². The molecular formula is C32H23N3. The number of hydrogen-bond donors (Lipinski definition) is 0. The first kappa shape index (κ1) is 20.8. The van der Waals surface area contributed by atoms with Gasteiger partial charge in [-0.3, -0.25) is 9.98 Å². The Kier molecular flexibility index (Phi) is 5.50. The molecule has 3 heteroatoms. The molecule has 0 N–H and O–H groups in total. The maximum Gasteiger partial charge on any atom is 0.0958 e. The minimum Gasteiger partial charge on any atom is -0.309 e. The fraction of sp³-hybridized carbons (Fsp3) is 0. The Morgan fingerprint density at radius 2 is 1.29 bits per heavy atom. The highest BCUT2D eigenvalue weighted by Gasteiger charge is 2.18. The van der Waals surface area contributed by atoms with E-state index in [-0.39, 0.29) is 0 Å². The number of para-hydroxylation sites is 2. The molecule has 0 aliphatic carbocycles. The maximum absolute atomic E-state index is 4.93. The SMILES string of the molecule is C(=Nc1cccc2cccnc12)c1cc(-c2ccccc2)n(-c2ccccc2)c1-c1ccccc1. The summed E-state index contributed by atoms with van der Waals surface area (Å²) in [5.41, 5.74) is 8.43. The molecular weight excluding hydrogens is 426 g/mol. The van der Waals surface area contributed by atoms with Gasteiger partial charge in [0.1, 0.15) is 0 Å². The molecule has 4 aromatic carbocycles. The molecule has 0 aliphatic rings. The lowest BCUT2D eigenvalue weighted by molar-refractivity contribution is 1.09. The Morgan fingerprint density at radius 3 is 2.03 bits per heavy atom. The molecule has 0 bridgehead atoms. The average Bonchev–Trinajstić information content (AvgIpc) is 3.33. The molecule has 0 saturated heterocycles. The number of fused-ring (bicyclic) bond motifs is 1. The number of hydrogen-bond acceptors (Lipinski definition) is 2. The third kappa shape index (κ3) is 4.04. The molecule has 0 unspecified atom stereocenters. The van der Waals surface area contributed by atoms with Crippen molar-refractivity contribution in [3.05, 3.63) is 139 Å². The molecule has 0 aliphatic heterocycles. The first-order valence-corrected chi connectivity index (χ1v) is 11.7. The van der Waals surface area contributed by atoms with Gasteiger partial charge in [-0.05, 0) is 41.5 Å². The van der Waals surface area contributed by atoms with E-state index >= 15 is 0 Å². The summed E-state index contributed by atoms with van der Waals surface area (Å²) in [7, 11) is 0. The lowest BCUT2D eigenvalue weighted by atomic mass is 10.1. The van der Waals surface area contributed by atoms with Crippen molar-refractivity contribution in [3.63, 3.8) is 0 Å².